The van der Waals surface area contributed by atoms with Gasteiger partial charge < -0.3 is 34.8 Å². The number of alkyl halides is 1. The number of carboxylic acid groups (broad SMARTS) is 1. The number of carbonyl (C=O) groups excluding carboxylic acids is 1. The van der Waals surface area contributed by atoms with Gasteiger partial charge in [-0.2, -0.15) is 0 Å². The van der Waals surface area contributed by atoms with Crippen molar-refractivity contribution in [2.75, 3.05) is 47.7 Å². The van der Waals surface area contributed by atoms with E-state index in [-0.39, 0.29) is 41.3 Å². The summed E-state index contributed by atoms with van der Waals surface area (Å²) in [7, 11) is 8.01. The molecule has 0 atom stereocenters. The van der Waals surface area contributed by atoms with Crippen molar-refractivity contribution >= 4 is 34.2 Å². The number of halogens is 1. The largest absolute Gasteiger partial charge is 0.480 e. The topological polar surface area (TPSA) is 235 Å². The Morgan fingerprint density at radius 2 is 1.28 bits per heavy atom. The van der Waals surface area contributed by atoms with E-state index in [1.807, 2.05) is 0 Å². The van der Waals surface area contributed by atoms with Crippen LogP contribution < -0.4 is 33.5 Å². The summed E-state index contributed by atoms with van der Waals surface area (Å²) < 4.78 is 32.2. The van der Waals surface area contributed by atoms with Crippen molar-refractivity contribution in [2.24, 2.45) is 33.9 Å². The molecule has 0 aliphatic rings. The van der Waals surface area contributed by atoms with Crippen LogP contribution in [0.3, 0.4) is 0 Å². The van der Waals surface area contributed by atoms with Gasteiger partial charge in [-0.25, -0.2) is 19.6 Å². The van der Waals surface area contributed by atoms with Gasteiger partial charge in [0.25, 0.3) is 11.1 Å². The number of hydrogen-bond acceptors (Lipinski definition) is 11. The molecule has 0 saturated heterocycles. The molecule has 20 heteroatoms. The standard InChI is InChI=1S/C13H19N5O4.C9H10N4O4.C4H11NO.CH3F/c1-16-11-10(12(20)17(2)13(16)21)18(8-15-11)7-9(19)14-5-4-6-22-3;1-11-7-6(8(16)12(2)9(11)17)13(4-10-7)3-5(14)15;1-6-4-2-3-5;1-2/h8H,4-7H2,1-3H3,(H,14,19);4H,3H2,1-2H3,(H,14,15);2-5H2,1H3;1H3/i;;;1D. The number of nitrogens with zero attached hydrogens (tertiary/aromatic N) is 8. The normalized spacial score (nSPS) is 10.7. The Morgan fingerprint density at radius 3 is 1.66 bits per heavy atom. The average Bonchev–Trinajstić information content (AvgIpc) is 3.67. The number of nitrogens with one attached hydrogen (secondary N) is 1. The maximum absolute atomic E-state index is 12.2. The van der Waals surface area contributed by atoms with Gasteiger partial charge in [-0.15, -0.1) is 0 Å². The summed E-state index contributed by atoms with van der Waals surface area (Å²) in [5, 5.41) is 11.4. The first-order valence-electron chi connectivity index (χ1n) is 14.7. The highest BCUT2D eigenvalue weighted by Crippen LogP contribution is 2.06. The molecule has 1 amide bonds. The molecule has 0 radical (unpaired) electrons. The van der Waals surface area contributed by atoms with Crippen molar-refractivity contribution < 1.29 is 29.9 Å². The minimum absolute atomic E-state index is 0.0308. The van der Waals surface area contributed by atoms with Crippen LogP contribution in [0.5, 0.6) is 0 Å². The van der Waals surface area contributed by atoms with Crippen LogP contribution in [0, 0.1) is 0 Å². The van der Waals surface area contributed by atoms with Gasteiger partial charge in [0.05, 0.1) is 21.2 Å². The molecule has 0 unspecified atom stereocenters. The molecule has 4 aromatic heterocycles. The summed E-state index contributed by atoms with van der Waals surface area (Å²) in [6, 6.07) is 0. The second-order valence-corrected chi connectivity index (χ2v) is 9.73. The van der Waals surface area contributed by atoms with Gasteiger partial charge in [0.2, 0.25) is 5.91 Å². The number of methoxy groups -OCH3 is 2. The van der Waals surface area contributed by atoms with Crippen LogP contribution in [0.1, 0.15) is 14.2 Å². The van der Waals surface area contributed by atoms with Gasteiger partial charge in [0.15, 0.2) is 22.3 Å². The maximum atomic E-state index is 12.2. The molecule has 0 bridgehead atoms. The van der Waals surface area contributed by atoms with E-state index in [1.165, 1.54) is 59.1 Å². The van der Waals surface area contributed by atoms with Gasteiger partial charge in [0.1, 0.15) is 13.1 Å². The monoisotopic (exact) mass is 671 g/mol. The van der Waals surface area contributed by atoms with E-state index in [1.54, 1.807) is 14.2 Å². The lowest BCUT2D eigenvalue weighted by Gasteiger charge is -2.07. The Labute approximate surface area is 269 Å². The van der Waals surface area contributed by atoms with Gasteiger partial charge in [0, 0.05) is 62.2 Å². The second-order valence-electron chi connectivity index (χ2n) is 9.73. The van der Waals surface area contributed by atoms with Crippen molar-refractivity contribution in [1.29, 1.82) is 0 Å². The van der Waals surface area contributed by atoms with E-state index in [0.29, 0.717) is 19.6 Å². The maximum Gasteiger partial charge on any atom is 0.332 e. The lowest BCUT2D eigenvalue weighted by Crippen LogP contribution is -2.38. The average molecular weight is 672 g/mol. The predicted molar refractivity (Wildman–Crippen MR) is 170 cm³/mol. The predicted octanol–water partition coefficient (Wildman–Crippen LogP) is -2.33. The molecule has 0 aliphatic carbocycles. The number of aryl methyl sites for hydroxylation is 2. The zero-order valence-electron chi connectivity index (χ0n) is 28.3. The number of hydrogen-bond donors (Lipinski definition) is 3. The molecule has 0 aromatic carbocycles. The van der Waals surface area contributed by atoms with Crippen LogP contribution >= 0.6 is 0 Å². The van der Waals surface area contributed by atoms with Crippen LogP contribution in [0.2, 0.25) is 0 Å². The Kier molecular flexibility index (Phi) is 15.9. The molecule has 4 rings (SSSR count). The summed E-state index contributed by atoms with van der Waals surface area (Å²) in [6.07, 6.45) is 4.31. The fourth-order valence-electron chi connectivity index (χ4n) is 4.06. The number of aromatic nitrogens is 8. The van der Waals surface area contributed by atoms with E-state index in [9.17, 15) is 33.2 Å². The van der Waals surface area contributed by atoms with Crippen LogP contribution in [-0.4, -0.2) is 102 Å². The van der Waals surface area contributed by atoms with E-state index < -0.39 is 35.6 Å². The van der Waals surface area contributed by atoms with E-state index in [0.717, 1.165) is 28.7 Å². The molecule has 4 N–H and O–H groups in total. The number of carboxylic acids is 1. The summed E-state index contributed by atoms with van der Waals surface area (Å²) >= 11 is 0. The van der Waals surface area contributed by atoms with Gasteiger partial charge in [-0.3, -0.25) is 41.8 Å². The molecular formula is C27H43FN10O9. The highest BCUT2D eigenvalue weighted by atomic mass is 19.1. The minimum atomic E-state index is -1.08. The minimum Gasteiger partial charge on any atom is -0.480 e. The molecule has 19 nitrogen and oxygen atoms in total. The number of ether oxygens (including phenoxy) is 2. The van der Waals surface area contributed by atoms with Gasteiger partial charge in [-0.1, -0.05) is 0 Å². The van der Waals surface area contributed by atoms with Crippen molar-refractivity contribution in [2.45, 2.75) is 25.9 Å². The van der Waals surface area contributed by atoms with Crippen molar-refractivity contribution in [3.05, 3.63) is 54.3 Å². The third kappa shape index (κ3) is 10.3. The molecular weight excluding hydrogens is 627 g/mol. The number of rotatable bonds is 11. The van der Waals surface area contributed by atoms with Crippen molar-refractivity contribution in [3.8, 4) is 0 Å². The highest BCUT2D eigenvalue weighted by molar-refractivity contribution is 5.78. The number of imidazole rings is 2. The van der Waals surface area contributed by atoms with E-state index in [4.69, 9.17) is 21.7 Å². The Hall–Kier alpha value is -4.95. The lowest BCUT2D eigenvalue weighted by molar-refractivity contribution is -0.137. The molecule has 4 aromatic rings. The Morgan fingerprint density at radius 1 is 0.851 bits per heavy atom. The first kappa shape index (κ1) is 38.2. The first-order chi connectivity index (χ1) is 22.7. The van der Waals surface area contributed by atoms with Gasteiger partial charge in [-0.05, 0) is 19.4 Å². The summed E-state index contributed by atoms with van der Waals surface area (Å²) in [6.45, 7) is 2.18. The summed E-state index contributed by atoms with van der Waals surface area (Å²) in [5.74, 6) is -1.31. The number of fused-ring (bicyclic) bond motifs is 2. The zero-order valence-corrected chi connectivity index (χ0v) is 27.3. The third-order valence-electron chi connectivity index (χ3n) is 6.45. The first-order valence-corrected chi connectivity index (χ1v) is 14.0. The molecule has 262 valence electrons. The van der Waals surface area contributed by atoms with E-state index in [2.05, 4.69) is 15.3 Å². The number of aliphatic carboxylic acids is 1. The zero-order chi connectivity index (χ0) is 36.6. The van der Waals surface area contributed by atoms with Crippen LogP contribution in [-0.2, 0) is 60.3 Å². The molecule has 4 heterocycles. The van der Waals surface area contributed by atoms with Crippen molar-refractivity contribution in [3.63, 3.8) is 0 Å². The van der Waals surface area contributed by atoms with Crippen LogP contribution in [0.25, 0.3) is 22.3 Å². The van der Waals surface area contributed by atoms with Crippen molar-refractivity contribution in [1.82, 2.24) is 42.7 Å². The lowest BCUT2D eigenvalue weighted by atomic mass is 10.4. The van der Waals surface area contributed by atoms with E-state index >= 15 is 0 Å². The number of amides is 1. The van der Waals surface area contributed by atoms with Crippen LogP contribution in [0.15, 0.2) is 31.8 Å². The fraction of sp³-hybridized carbons (Fsp3) is 0.556. The summed E-state index contributed by atoms with van der Waals surface area (Å²) in [4.78, 5) is 77.9. The molecule has 47 heavy (non-hydrogen) atoms. The fourth-order valence-corrected chi connectivity index (χ4v) is 4.06. The third-order valence-corrected chi connectivity index (χ3v) is 6.45. The van der Waals surface area contributed by atoms with Crippen LogP contribution in [0.4, 0.5) is 4.39 Å². The van der Waals surface area contributed by atoms with Gasteiger partial charge >= 0.3 is 17.3 Å². The molecule has 0 spiro atoms. The molecule has 0 saturated carbocycles. The number of nitrogens with two attached hydrogens (primary N) is 1. The quantitative estimate of drug-likeness (QED) is 0.143. The molecule has 0 fully saturated rings. The Bertz CT molecular complexity index is 1890. The molecule has 0 aliphatic heterocycles. The number of carbonyl (C=O) groups is 2. The second kappa shape index (κ2) is 19.5. The SMILES string of the molecule is COCCCN.COCCCNC(=O)Cn1cnc2c1c(=O)n(C)c(=O)n2C.Cn1c(=O)c2c(ncn2CC(=O)O)n(C)c1=O.[2H]CF. The summed E-state index contributed by atoms with van der Waals surface area (Å²) in [5.41, 5.74) is 3.95. The Balaban J connectivity index is 0.000000391. The smallest absolute Gasteiger partial charge is 0.332 e. The highest BCUT2D eigenvalue weighted by Gasteiger charge is 2.16.